The summed E-state index contributed by atoms with van der Waals surface area (Å²) in [5.41, 5.74) is 1.56. The van der Waals surface area contributed by atoms with Gasteiger partial charge in [0.1, 0.15) is 6.04 Å². The van der Waals surface area contributed by atoms with Crippen molar-refractivity contribution in [3.8, 4) is 0 Å². The molecular formula is C34H48N4O3. The van der Waals surface area contributed by atoms with Crippen LogP contribution in [0.2, 0.25) is 0 Å². The number of piperidine rings is 2. The summed E-state index contributed by atoms with van der Waals surface area (Å²) in [6.07, 6.45) is 13.6. The maximum absolute atomic E-state index is 14.2. The first-order valence-corrected chi connectivity index (χ1v) is 16.6. The lowest BCUT2D eigenvalue weighted by atomic mass is 9.69. The Labute approximate surface area is 244 Å². The average Bonchev–Trinajstić information content (AvgIpc) is 3.24. The van der Waals surface area contributed by atoms with E-state index in [0.29, 0.717) is 48.7 Å². The number of anilines is 1. The Balaban J connectivity index is 1.25. The molecule has 1 aromatic carbocycles. The van der Waals surface area contributed by atoms with Crippen LogP contribution < -0.4 is 10.5 Å². The minimum absolute atomic E-state index is 0.102. The Morgan fingerprint density at radius 3 is 2.15 bits per heavy atom. The lowest BCUT2D eigenvalue weighted by Gasteiger charge is -2.58. The highest BCUT2D eigenvalue weighted by molar-refractivity contribution is 5.81. The number of carbonyl (C=O) groups is 1. The van der Waals surface area contributed by atoms with E-state index in [4.69, 9.17) is 4.98 Å². The van der Waals surface area contributed by atoms with E-state index in [0.717, 1.165) is 41.6 Å². The van der Waals surface area contributed by atoms with E-state index in [1.165, 1.54) is 51.4 Å². The normalized spacial score (nSPS) is 39.2. The molecule has 7 nitrogen and oxygen atoms in total. The minimum atomic E-state index is -0.874. The van der Waals surface area contributed by atoms with Crippen LogP contribution in [0, 0.1) is 29.6 Å². The fourth-order valence-corrected chi connectivity index (χ4v) is 10.1. The maximum Gasteiger partial charge on any atom is 0.326 e. The van der Waals surface area contributed by atoms with E-state index < -0.39 is 12.0 Å². The van der Waals surface area contributed by atoms with Gasteiger partial charge in [0.05, 0.1) is 11.0 Å². The van der Waals surface area contributed by atoms with Crippen LogP contribution in [0.25, 0.3) is 11.0 Å². The summed E-state index contributed by atoms with van der Waals surface area (Å²) < 4.78 is 2.03. The molecule has 2 aromatic rings. The van der Waals surface area contributed by atoms with Gasteiger partial charge in [0.25, 0.3) is 5.56 Å². The first-order chi connectivity index (χ1) is 19.8. The Hall–Kier alpha value is -2.41. The van der Waals surface area contributed by atoms with Gasteiger partial charge in [0.2, 0.25) is 0 Å². The zero-order chi connectivity index (χ0) is 28.4. The second kappa shape index (κ2) is 10.7. The number of aromatic nitrogens is 2. The number of rotatable bonds is 5. The van der Waals surface area contributed by atoms with Crippen molar-refractivity contribution in [3.63, 3.8) is 0 Å². The van der Waals surface area contributed by atoms with Crippen LogP contribution in [0.1, 0.15) is 97.4 Å². The van der Waals surface area contributed by atoms with Gasteiger partial charge >= 0.3 is 5.97 Å². The van der Waals surface area contributed by atoms with Crippen molar-refractivity contribution >= 4 is 22.8 Å². The van der Waals surface area contributed by atoms with Crippen LogP contribution >= 0.6 is 0 Å². The van der Waals surface area contributed by atoms with Crippen molar-refractivity contribution in [1.82, 2.24) is 14.5 Å². The number of nitrogens with zero attached hydrogens (tertiary/aromatic N) is 4. The van der Waals surface area contributed by atoms with Gasteiger partial charge in [-0.1, -0.05) is 52.2 Å². The molecule has 3 aliphatic heterocycles. The first-order valence-electron chi connectivity index (χ1n) is 16.6. The summed E-state index contributed by atoms with van der Waals surface area (Å²) in [7, 11) is 0. The molecule has 3 saturated heterocycles. The van der Waals surface area contributed by atoms with Gasteiger partial charge in [-0.3, -0.25) is 9.69 Å². The fourth-order valence-electron chi connectivity index (χ4n) is 10.1. The van der Waals surface area contributed by atoms with Crippen LogP contribution in [0.5, 0.6) is 0 Å². The van der Waals surface area contributed by atoms with Gasteiger partial charge in [-0.2, -0.15) is 0 Å². The Morgan fingerprint density at radius 2 is 1.56 bits per heavy atom. The Bertz CT molecular complexity index is 1320. The van der Waals surface area contributed by atoms with Gasteiger partial charge in [-0.25, -0.2) is 9.78 Å². The molecule has 1 N–H and O–H groups in total. The van der Waals surface area contributed by atoms with E-state index in [-0.39, 0.29) is 11.6 Å². The smallest absolute Gasteiger partial charge is 0.326 e. The summed E-state index contributed by atoms with van der Waals surface area (Å²) in [6, 6.07) is 9.05. The van der Waals surface area contributed by atoms with Gasteiger partial charge in [-0.05, 0) is 93.1 Å². The maximum atomic E-state index is 14.2. The molecule has 222 valence electrons. The standard InChI is InChI=1S/C34H48N4O3/c1-4-22-14-23-9-10-24(15-22)17-25(16-23)37-30-18-26(19-31(37)21(3)13-20(30)2)38-28-8-6-5-7-27(28)35-32(33(38)39)36-12-11-29(36)34(40)41/h5-8,20-26,29-31H,4,9-19H2,1-3H3,(H,40,41). The molecule has 2 saturated carbocycles. The Kier molecular flexibility index (Phi) is 7.16. The number of hydrogen-bond acceptors (Lipinski definition) is 5. The molecule has 1 aromatic heterocycles. The molecule has 0 spiro atoms. The Morgan fingerprint density at radius 1 is 0.902 bits per heavy atom. The average molecular weight is 561 g/mol. The monoisotopic (exact) mass is 560 g/mol. The third kappa shape index (κ3) is 4.71. The molecule has 2 aliphatic carbocycles. The quantitative estimate of drug-likeness (QED) is 0.476. The molecule has 7 atom stereocenters. The zero-order valence-corrected chi connectivity index (χ0v) is 25.1. The predicted molar refractivity (Wildman–Crippen MR) is 162 cm³/mol. The van der Waals surface area contributed by atoms with Gasteiger partial charge in [0.15, 0.2) is 5.82 Å². The second-order valence-corrected chi connectivity index (χ2v) is 14.5. The molecule has 5 fully saturated rings. The minimum Gasteiger partial charge on any atom is -0.480 e. The molecule has 4 bridgehead atoms. The van der Waals surface area contributed by atoms with Crippen LogP contribution in [-0.2, 0) is 4.79 Å². The van der Waals surface area contributed by atoms with Crippen molar-refractivity contribution in [2.24, 2.45) is 29.6 Å². The number of hydrogen-bond donors (Lipinski definition) is 1. The number of carboxylic acid groups (broad SMARTS) is 1. The molecule has 4 heterocycles. The lowest BCUT2D eigenvalue weighted by molar-refractivity contribution is -0.140. The molecule has 7 rings (SSSR count). The number of benzene rings is 1. The molecule has 0 amide bonds. The van der Waals surface area contributed by atoms with Gasteiger partial charge < -0.3 is 14.6 Å². The molecule has 7 unspecified atom stereocenters. The number of para-hydroxylation sites is 2. The molecular weight excluding hydrogens is 512 g/mol. The summed E-state index contributed by atoms with van der Waals surface area (Å²) in [5, 5.41) is 9.73. The summed E-state index contributed by atoms with van der Waals surface area (Å²) in [4.78, 5) is 35.6. The van der Waals surface area contributed by atoms with Crippen molar-refractivity contribution in [2.75, 3.05) is 11.4 Å². The molecule has 41 heavy (non-hydrogen) atoms. The number of aliphatic carboxylic acids is 1. The zero-order valence-electron chi connectivity index (χ0n) is 25.1. The van der Waals surface area contributed by atoms with Crippen LogP contribution in [-0.4, -0.2) is 56.2 Å². The van der Waals surface area contributed by atoms with E-state index in [9.17, 15) is 14.7 Å². The fraction of sp³-hybridized carbons (Fsp3) is 0.735. The van der Waals surface area contributed by atoms with Crippen LogP contribution in [0.4, 0.5) is 5.82 Å². The van der Waals surface area contributed by atoms with Crippen molar-refractivity contribution in [1.29, 1.82) is 0 Å². The third-order valence-electron chi connectivity index (χ3n) is 12.1. The highest BCUT2D eigenvalue weighted by atomic mass is 16.4. The van der Waals surface area contributed by atoms with Crippen LogP contribution in [0.3, 0.4) is 0 Å². The van der Waals surface area contributed by atoms with E-state index in [2.05, 4.69) is 25.7 Å². The van der Waals surface area contributed by atoms with Gasteiger partial charge in [0, 0.05) is 30.7 Å². The largest absolute Gasteiger partial charge is 0.480 e. The van der Waals surface area contributed by atoms with Crippen molar-refractivity contribution < 1.29 is 9.90 Å². The topological polar surface area (TPSA) is 78.7 Å². The highest BCUT2D eigenvalue weighted by Gasteiger charge is 2.50. The number of carboxylic acids is 1. The molecule has 0 radical (unpaired) electrons. The molecule has 5 aliphatic rings. The lowest BCUT2D eigenvalue weighted by Crippen LogP contribution is -2.62. The summed E-state index contributed by atoms with van der Waals surface area (Å²) in [6.45, 7) is 7.86. The third-order valence-corrected chi connectivity index (χ3v) is 12.1. The SMILES string of the molecule is CCC1CC2CCC(C1)CC(N1C3CC(n4c(=O)c(N5CCC5C(=O)O)nc5ccccc54)CC1C(C)CC3C)C2. The van der Waals surface area contributed by atoms with E-state index in [1.807, 2.05) is 28.8 Å². The van der Waals surface area contributed by atoms with E-state index >= 15 is 0 Å². The molecule has 7 heteroatoms. The van der Waals surface area contributed by atoms with Gasteiger partial charge in [-0.15, -0.1) is 0 Å². The van der Waals surface area contributed by atoms with E-state index in [1.54, 1.807) is 4.90 Å². The van der Waals surface area contributed by atoms with Crippen LogP contribution in [0.15, 0.2) is 29.1 Å². The highest BCUT2D eigenvalue weighted by Crippen LogP contribution is 2.50. The van der Waals surface area contributed by atoms with Crippen molar-refractivity contribution in [2.45, 2.75) is 122 Å². The first kappa shape index (κ1) is 27.4. The predicted octanol–water partition coefficient (Wildman–Crippen LogP) is 6.10. The number of fused-ring (bicyclic) bond motifs is 6. The van der Waals surface area contributed by atoms with Crippen molar-refractivity contribution in [3.05, 3.63) is 34.6 Å². The summed E-state index contributed by atoms with van der Waals surface area (Å²) >= 11 is 0. The second-order valence-electron chi connectivity index (χ2n) is 14.5. The summed E-state index contributed by atoms with van der Waals surface area (Å²) in [5.74, 6) is 3.31.